The van der Waals surface area contributed by atoms with Crippen molar-refractivity contribution in [3.63, 3.8) is 0 Å². The Balaban J connectivity index is 0.00000312. The van der Waals surface area contributed by atoms with Gasteiger partial charge in [-0.1, -0.05) is 12.1 Å². The zero-order valence-electron chi connectivity index (χ0n) is 15.3. The van der Waals surface area contributed by atoms with Crippen LogP contribution in [0.1, 0.15) is 26.3 Å². The Morgan fingerprint density at radius 3 is 2.72 bits per heavy atom. The van der Waals surface area contributed by atoms with E-state index in [4.69, 9.17) is 4.74 Å². The molecule has 7 heteroatoms. The number of nitrogens with zero attached hydrogens (tertiary/aromatic N) is 3. The van der Waals surface area contributed by atoms with E-state index in [1.165, 1.54) is 0 Å². The minimum Gasteiger partial charge on any atom is -0.377 e. The number of ether oxygens (including phenoxy) is 1. The molecule has 138 valence electrons. The van der Waals surface area contributed by atoms with Gasteiger partial charge in [0.05, 0.1) is 17.8 Å². The van der Waals surface area contributed by atoms with Crippen LogP contribution in [0.15, 0.2) is 47.7 Å². The van der Waals surface area contributed by atoms with Crippen LogP contribution in [0.3, 0.4) is 0 Å². The molecule has 25 heavy (non-hydrogen) atoms. The van der Waals surface area contributed by atoms with Gasteiger partial charge < -0.3 is 15.4 Å². The number of hydrogen-bond donors (Lipinski definition) is 2. The van der Waals surface area contributed by atoms with Gasteiger partial charge in [-0.15, -0.1) is 24.0 Å². The van der Waals surface area contributed by atoms with Crippen LogP contribution in [0.4, 0.5) is 0 Å². The topological polar surface area (TPSA) is 63.5 Å². The highest BCUT2D eigenvalue weighted by Crippen LogP contribution is 2.10. The Morgan fingerprint density at radius 2 is 2.08 bits per heavy atom. The molecule has 0 atom stereocenters. The molecule has 0 aliphatic heterocycles. The SMILES string of the molecule is CCNC(=NCc1cccc(-n2cccn2)c1)NCC(C)(C)OC.I. The predicted molar refractivity (Wildman–Crippen MR) is 113 cm³/mol. The maximum Gasteiger partial charge on any atom is 0.191 e. The van der Waals surface area contributed by atoms with E-state index in [-0.39, 0.29) is 29.6 Å². The Labute approximate surface area is 167 Å². The van der Waals surface area contributed by atoms with Gasteiger partial charge in [0, 0.05) is 32.6 Å². The summed E-state index contributed by atoms with van der Waals surface area (Å²) in [6.45, 7) is 8.22. The van der Waals surface area contributed by atoms with Gasteiger partial charge >= 0.3 is 0 Å². The van der Waals surface area contributed by atoms with Gasteiger partial charge in [-0.3, -0.25) is 0 Å². The highest BCUT2D eigenvalue weighted by atomic mass is 127. The molecule has 0 bridgehead atoms. The minimum absolute atomic E-state index is 0. The van der Waals surface area contributed by atoms with E-state index in [0.717, 1.165) is 23.8 Å². The second-order valence-corrected chi connectivity index (χ2v) is 6.13. The van der Waals surface area contributed by atoms with Crippen LogP contribution in [-0.4, -0.2) is 41.5 Å². The molecule has 6 nitrogen and oxygen atoms in total. The van der Waals surface area contributed by atoms with Crippen molar-refractivity contribution in [1.29, 1.82) is 0 Å². The quantitative estimate of drug-likeness (QED) is 0.381. The molecule has 2 aromatic rings. The zero-order chi connectivity index (χ0) is 17.4. The fourth-order valence-corrected chi connectivity index (χ4v) is 2.10. The molecule has 0 unspecified atom stereocenters. The molecule has 0 saturated heterocycles. The van der Waals surface area contributed by atoms with Gasteiger partial charge in [0.15, 0.2) is 5.96 Å². The summed E-state index contributed by atoms with van der Waals surface area (Å²) in [6.07, 6.45) is 3.70. The van der Waals surface area contributed by atoms with Gasteiger partial charge in [-0.25, -0.2) is 9.67 Å². The summed E-state index contributed by atoms with van der Waals surface area (Å²) >= 11 is 0. The van der Waals surface area contributed by atoms with Crippen LogP contribution in [-0.2, 0) is 11.3 Å². The van der Waals surface area contributed by atoms with Gasteiger partial charge in [0.2, 0.25) is 0 Å². The molecule has 1 aromatic carbocycles. The average Bonchev–Trinajstić information content (AvgIpc) is 3.12. The third-order valence-corrected chi connectivity index (χ3v) is 3.68. The lowest BCUT2D eigenvalue weighted by Crippen LogP contribution is -2.45. The van der Waals surface area contributed by atoms with Crippen molar-refractivity contribution in [2.75, 3.05) is 20.2 Å². The Hall–Kier alpha value is -1.61. The third-order valence-electron chi connectivity index (χ3n) is 3.68. The summed E-state index contributed by atoms with van der Waals surface area (Å²) < 4.78 is 7.28. The van der Waals surface area contributed by atoms with E-state index in [1.807, 2.05) is 42.9 Å². The Kier molecular flexibility index (Phi) is 8.91. The molecule has 1 heterocycles. The summed E-state index contributed by atoms with van der Waals surface area (Å²) in [5.41, 5.74) is 1.92. The van der Waals surface area contributed by atoms with Crippen LogP contribution < -0.4 is 10.6 Å². The van der Waals surface area contributed by atoms with E-state index in [0.29, 0.717) is 13.1 Å². The number of aromatic nitrogens is 2. The molecular weight excluding hydrogens is 429 g/mol. The van der Waals surface area contributed by atoms with Gasteiger partial charge in [0.1, 0.15) is 0 Å². The molecule has 1 aromatic heterocycles. The smallest absolute Gasteiger partial charge is 0.191 e. The number of halogens is 1. The summed E-state index contributed by atoms with van der Waals surface area (Å²) in [4.78, 5) is 4.65. The van der Waals surface area contributed by atoms with Crippen LogP contribution in [0.5, 0.6) is 0 Å². The van der Waals surface area contributed by atoms with Gasteiger partial charge in [0.25, 0.3) is 0 Å². The normalized spacial score (nSPS) is 11.8. The molecule has 0 amide bonds. The number of guanidine groups is 1. The molecule has 2 N–H and O–H groups in total. The summed E-state index contributed by atoms with van der Waals surface area (Å²) in [5.74, 6) is 0.784. The van der Waals surface area contributed by atoms with Crippen LogP contribution >= 0.6 is 24.0 Å². The lowest BCUT2D eigenvalue weighted by Gasteiger charge is -2.24. The number of methoxy groups -OCH3 is 1. The monoisotopic (exact) mass is 457 g/mol. The highest BCUT2D eigenvalue weighted by Gasteiger charge is 2.16. The van der Waals surface area contributed by atoms with E-state index in [9.17, 15) is 0 Å². The lowest BCUT2D eigenvalue weighted by atomic mass is 10.1. The van der Waals surface area contributed by atoms with Crippen LogP contribution in [0.2, 0.25) is 0 Å². The first kappa shape index (κ1) is 21.4. The van der Waals surface area contributed by atoms with Crippen molar-refractivity contribution in [2.45, 2.75) is 32.9 Å². The van der Waals surface area contributed by atoms with Gasteiger partial charge in [-0.05, 0) is 44.5 Å². The maximum atomic E-state index is 5.43. The number of hydrogen-bond acceptors (Lipinski definition) is 3. The fourth-order valence-electron chi connectivity index (χ4n) is 2.10. The first-order valence-corrected chi connectivity index (χ1v) is 8.20. The zero-order valence-corrected chi connectivity index (χ0v) is 17.7. The average molecular weight is 457 g/mol. The molecule has 0 saturated carbocycles. The largest absolute Gasteiger partial charge is 0.377 e. The molecule has 0 radical (unpaired) electrons. The molecular formula is C18H28IN5O. The summed E-state index contributed by atoms with van der Waals surface area (Å²) in [7, 11) is 1.71. The van der Waals surface area contributed by atoms with E-state index in [2.05, 4.69) is 39.8 Å². The van der Waals surface area contributed by atoms with Crippen molar-refractivity contribution < 1.29 is 4.74 Å². The summed E-state index contributed by atoms with van der Waals surface area (Å²) in [6, 6.07) is 10.1. The standard InChI is InChI=1S/C18H27N5O.HI/c1-5-19-17(21-14-18(2,3)24-4)20-13-15-8-6-9-16(12-15)23-11-7-10-22-23;/h6-12H,5,13-14H2,1-4H3,(H2,19,20,21);1H. The minimum atomic E-state index is -0.240. The number of nitrogens with one attached hydrogen (secondary N) is 2. The third kappa shape index (κ3) is 7.03. The highest BCUT2D eigenvalue weighted by molar-refractivity contribution is 14.0. The number of aliphatic imine (C=N–C) groups is 1. The molecule has 0 spiro atoms. The Bertz CT molecular complexity index is 655. The molecule has 0 aliphatic rings. The maximum absolute atomic E-state index is 5.43. The second kappa shape index (κ2) is 10.4. The molecule has 0 aliphatic carbocycles. The predicted octanol–water partition coefficient (Wildman–Crippen LogP) is 2.97. The first-order chi connectivity index (χ1) is 11.5. The van der Waals surface area contributed by atoms with Crippen molar-refractivity contribution in [2.24, 2.45) is 4.99 Å². The molecule has 2 rings (SSSR count). The second-order valence-electron chi connectivity index (χ2n) is 6.13. The number of benzene rings is 1. The van der Waals surface area contributed by atoms with Gasteiger partial charge in [-0.2, -0.15) is 5.10 Å². The van der Waals surface area contributed by atoms with Crippen molar-refractivity contribution in [3.05, 3.63) is 48.3 Å². The van der Waals surface area contributed by atoms with Crippen molar-refractivity contribution in [3.8, 4) is 5.69 Å². The van der Waals surface area contributed by atoms with E-state index < -0.39 is 0 Å². The van der Waals surface area contributed by atoms with Crippen LogP contribution in [0, 0.1) is 0 Å². The summed E-state index contributed by atoms with van der Waals surface area (Å²) in [5, 5.41) is 10.8. The Morgan fingerprint density at radius 1 is 1.28 bits per heavy atom. The number of rotatable bonds is 7. The molecule has 0 fully saturated rings. The van der Waals surface area contributed by atoms with Crippen molar-refractivity contribution in [1.82, 2.24) is 20.4 Å². The van der Waals surface area contributed by atoms with Crippen LogP contribution in [0.25, 0.3) is 5.69 Å². The van der Waals surface area contributed by atoms with E-state index in [1.54, 1.807) is 13.3 Å². The lowest BCUT2D eigenvalue weighted by molar-refractivity contribution is 0.0268. The first-order valence-electron chi connectivity index (χ1n) is 8.20. The van der Waals surface area contributed by atoms with E-state index >= 15 is 0 Å². The fraction of sp³-hybridized carbons (Fsp3) is 0.444. The van der Waals surface area contributed by atoms with Crippen molar-refractivity contribution >= 4 is 29.9 Å².